The van der Waals surface area contributed by atoms with E-state index in [9.17, 15) is 8.78 Å². The highest BCUT2D eigenvalue weighted by atomic mass is 19.3. The van der Waals surface area contributed by atoms with E-state index in [1.165, 1.54) is 12.1 Å². The number of hydrogen-bond acceptors (Lipinski definition) is 3. The van der Waals surface area contributed by atoms with Crippen LogP contribution < -0.4 is 15.2 Å². The van der Waals surface area contributed by atoms with Gasteiger partial charge in [-0.3, -0.25) is 5.01 Å². The van der Waals surface area contributed by atoms with Crippen LogP contribution in [0.25, 0.3) is 0 Å². The van der Waals surface area contributed by atoms with Crippen molar-refractivity contribution in [3.63, 3.8) is 0 Å². The zero-order valence-electron chi connectivity index (χ0n) is 9.51. The number of alkyl halides is 2. The van der Waals surface area contributed by atoms with Gasteiger partial charge in [-0.05, 0) is 42.5 Å². The largest absolute Gasteiger partial charge is 0.435 e. The predicted octanol–water partition coefficient (Wildman–Crippen LogP) is 3.20. The van der Waals surface area contributed by atoms with Crippen LogP contribution in [0.4, 0.5) is 14.5 Å². The van der Waals surface area contributed by atoms with Crippen molar-refractivity contribution in [2.75, 3.05) is 5.01 Å². The SMILES string of the molecule is C=CC1=CC=CNN1c1ccc(OC(F)F)cc1. The van der Waals surface area contributed by atoms with Crippen LogP contribution in [0, 0.1) is 0 Å². The van der Waals surface area contributed by atoms with Gasteiger partial charge in [-0.2, -0.15) is 8.78 Å². The predicted molar refractivity (Wildman–Crippen MR) is 66.1 cm³/mol. The average molecular weight is 250 g/mol. The molecule has 1 aromatic rings. The molecular formula is C13H12F2N2O. The first kappa shape index (κ1) is 12.2. The molecule has 0 aliphatic carbocycles. The standard InChI is InChI=1S/C13H12F2N2O/c1-2-10-4-3-9-16-17(10)11-5-7-12(8-6-11)18-13(14)15/h2-9,13,16H,1H2. The Bertz CT molecular complexity index is 480. The molecule has 0 atom stereocenters. The molecule has 0 aromatic heterocycles. The molecule has 0 unspecified atom stereocenters. The van der Waals surface area contributed by atoms with Gasteiger partial charge in [-0.1, -0.05) is 6.58 Å². The Morgan fingerprint density at radius 3 is 2.61 bits per heavy atom. The van der Waals surface area contributed by atoms with Crippen molar-refractivity contribution in [3.8, 4) is 5.75 Å². The van der Waals surface area contributed by atoms with E-state index >= 15 is 0 Å². The molecule has 1 N–H and O–H groups in total. The van der Waals surface area contributed by atoms with Crippen molar-refractivity contribution in [3.05, 3.63) is 61.0 Å². The Kier molecular flexibility index (Phi) is 3.62. The van der Waals surface area contributed by atoms with E-state index in [0.29, 0.717) is 0 Å². The van der Waals surface area contributed by atoms with Crippen molar-refractivity contribution >= 4 is 5.69 Å². The summed E-state index contributed by atoms with van der Waals surface area (Å²) in [6, 6.07) is 6.34. The van der Waals surface area contributed by atoms with Crippen LogP contribution >= 0.6 is 0 Å². The number of allylic oxidation sites excluding steroid dienone is 3. The molecule has 3 nitrogen and oxygen atoms in total. The van der Waals surface area contributed by atoms with Gasteiger partial charge in [0.15, 0.2) is 0 Å². The number of rotatable bonds is 4. The van der Waals surface area contributed by atoms with Gasteiger partial charge >= 0.3 is 6.61 Å². The summed E-state index contributed by atoms with van der Waals surface area (Å²) in [5.74, 6) is 0.130. The summed E-state index contributed by atoms with van der Waals surface area (Å²) in [5, 5.41) is 1.78. The number of halogens is 2. The molecule has 94 valence electrons. The summed E-state index contributed by atoms with van der Waals surface area (Å²) in [5.41, 5.74) is 4.68. The van der Waals surface area contributed by atoms with Gasteiger partial charge in [0.1, 0.15) is 5.75 Å². The second-order valence-corrected chi connectivity index (χ2v) is 3.49. The third-order valence-corrected chi connectivity index (χ3v) is 2.35. The molecule has 0 radical (unpaired) electrons. The lowest BCUT2D eigenvalue weighted by molar-refractivity contribution is -0.0498. The topological polar surface area (TPSA) is 24.5 Å². The van der Waals surface area contributed by atoms with Gasteiger partial charge in [0.2, 0.25) is 0 Å². The Hall–Kier alpha value is -2.30. The second-order valence-electron chi connectivity index (χ2n) is 3.49. The molecule has 1 aliphatic heterocycles. The second kappa shape index (κ2) is 5.35. The Labute approximate surface area is 104 Å². The lowest BCUT2D eigenvalue weighted by atomic mass is 10.2. The molecule has 0 saturated carbocycles. The summed E-state index contributed by atoms with van der Waals surface area (Å²) in [6.07, 6.45) is 7.19. The normalized spacial score (nSPS) is 14.2. The van der Waals surface area contributed by atoms with Gasteiger partial charge in [-0.15, -0.1) is 0 Å². The van der Waals surface area contributed by atoms with Crippen LogP contribution in [0.1, 0.15) is 0 Å². The van der Waals surface area contributed by atoms with E-state index in [1.807, 2.05) is 12.2 Å². The van der Waals surface area contributed by atoms with Gasteiger partial charge in [0.25, 0.3) is 0 Å². The van der Waals surface area contributed by atoms with E-state index < -0.39 is 6.61 Å². The molecule has 0 spiro atoms. The summed E-state index contributed by atoms with van der Waals surface area (Å²) in [7, 11) is 0. The first-order chi connectivity index (χ1) is 8.70. The van der Waals surface area contributed by atoms with E-state index in [2.05, 4.69) is 16.7 Å². The van der Waals surface area contributed by atoms with E-state index in [0.717, 1.165) is 11.4 Å². The molecule has 5 heteroatoms. The molecule has 1 aliphatic rings. The number of ether oxygens (including phenoxy) is 1. The average Bonchev–Trinajstić information content (AvgIpc) is 2.39. The van der Waals surface area contributed by atoms with Crippen molar-refractivity contribution in [2.24, 2.45) is 0 Å². The van der Waals surface area contributed by atoms with E-state index in [4.69, 9.17) is 0 Å². The Morgan fingerprint density at radius 2 is 2.00 bits per heavy atom. The molecular weight excluding hydrogens is 238 g/mol. The molecule has 0 bridgehead atoms. The number of nitrogens with one attached hydrogen (secondary N) is 1. The van der Waals surface area contributed by atoms with Crippen molar-refractivity contribution < 1.29 is 13.5 Å². The number of nitrogens with zero attached hydrogens (tertiary/aromatic N) is 1. The Morgan fingerprint density at radius 1 is 1.28 bits per heavy atom. The minimum Gasteiger partial charge on any atom is -0.435 e. The fraction of sp³-hybridized carbons (Fsp3) is 0.0769. The van der Waals surface area contributed by atoms with Crippen LogP contribution in [0.2, 0.25) is 0 Å². The molecule has 1 heterocycles. The van der Waals surface area contributed by atoms with Gasteiger partial charge in [-0.25, -0.2) is 0 Å². The number of hydrogen-bond donors (Lipinski definition) is 1. The lowest BCUT2D eigenvalue weighted by Gasteiger charge is -2.27. The van der Waals surface area contributed by atoms with Crippen LogP contribution in [-0.4, -0.2) is 6.61 Å². The zero-order chi connectivity index (χ0) is 13.0. The van der Waals surface area contributed by atoms with Crippen LogP contribution in [0.15, 0.2) is 61.0 Å². The zero-order valence-corrected chi connectivity index (χ0v) is 9.51. The fourth-order valence-electron chi connectivity index (χ4n) is 1.57. The van der Waals surface area contributed by atoms with Crippen molar-refractivity contribution in [1.82, 2.24) is 5.43 Å². The lowest BCUT2D eigenvalue weighted by Crippen LogP contribution is -2.34. The summed E-state index contributed by atoms with van der Waals surface area (Å²) < 4.78 is 28.3. The third-order valence-electron chi connectivity index (χ3n) is 2.35. The van der Waals surface area contributed by atoms with Crippen molar-refractivity contribution in [2.45, 2.75) is 6.61 Å². The van der Waals surface area contributed by atoms with Crippen LogP contribution in [-0.2, 0) is 0 Å². The quantitative estimate of drug-likeness (QED) is 0.888. The third kappa shape index (κ3) is 2.68. The Balaban J connectivity index is 2.17. The molecule has 0 fully saturated rings. The maximum Gasteiger partial charge on any atom is 0.387 e. The monoisotopic (exact) mass is 250 g/mol. The fourth-order valence-corrected chi connectivity index (χ4v) is 1.57. The summed E-state index contributed by atoms with van der Waals surface area (Å²) in [6.45, 7) is 0.900. The minimum atomic E-state index is -2.81. The molecule has 18 heavy (non-hydrogen) atoms. The van der Waals surface area contributed by atoms with Crippen molar-refractivity contribution in [1.29, 1.82) is 0 Å². The van der Waals surface area contributed by atoms with Gasteiger partial charge in [0.05, 0.1) is 11.4 Å². The smallest absolute Gasteiger partial charge is 0.387 e. The first-order valence-electron chi connectivity index (χ1n) is 5.31. The first-order valence-corrected chi connectivity index (χ1v) is 5.31. The summed E-state index contributed by atoms with van der Waals surface area (Å²) in [4.78, 5) is 0. The highest BCUT2D eigenvalue weighted by molar-refractivity contribution is 5.56. The maximum atomic E-state index is 12.0. The highest BCUT2D eigenvalue weighted by Crippen LogP contribution is 2.23. The molecule has 1 aromatic carbocycles. The maximum absolute atomic E-state index is 12.0. The minimum absolute atomic E-state index is 0.130. The number of anilines is 1. The number of hydrazine groups is 1. The molecule has 0 saturated heterocycles. The van der Waals surface area contributed by atoms with E-state index in [-0.39, 0.29) is 5.75 Å². The highest BCUT2D eigenvalue weighted by Gasteiger charge is 2.11. The van der Waals surface area contributed by atoms with Crippen LogP contribution in [0.3, 0.4) is 0 Å². The summed E-state index contributed by atoms with van der Waals surface area (Å²) >= 11 is 0. The van der Waals surface area contributed by atoms with Crippen LogP contribution in [0.5, 0.6) is 5.75 Å². The molecule has 2 rings (SSSR count). The van der Waals surface area contributed by atoms with Gasteiger partial charge < -0.3 is 10.2 Å². The number of benzene rings is 1. The molecule has 0 amide bonds. The van der Waals surface area contributed by atoms with E-state index in [1.54, 1.807) is 29.4 Å². The van der Waals surface area contributed by atoms with Gasteiger partial charge in [0, 0.05) is 6.20 Å².